The molecule has 1 N–H and O–H groups in total. The van der Waals surface area contributed by atoms with E-state index < -0.39 is 5.60 Å². The van der Waals surface area contributed by atoms with Crippen LogP contribution in [0.25, 0.3) is 0 Å². The molecule has 1 aromatic rings. The van der Waals surface area contributed by atoms with E-state index in [4.69, 9.17) is 11.6 Å². The minimum atomic E-state index is -0.863. The monoisotopic (exact) mass is 212 g/mol. The molecule has 78 valence electrons. The van der Waals surface area contributed by atoms with Gasteiger partial charge in [-0.1, -0.05) is 44.5 Å². The van der Waals surface area contributed by atoms with Gasteiger partial charge in [0.15, 0.2) is 0 Å². The van der Waals surface area contributed by atoms with Crippen molar-refractivity contribution in [2.45, 2.75) is 33.3 Å². The van der Waals surface area contributed by atoms with E-state index in [1.807, 2.05) is 52.0 Å². The summed E-state index contributed by atoms with van der Waals surface area (Å²) in [6, 6.07) is 7.38. The second-order valence-corrected chi connectivity index (χ2v) is 5.27. The highest BCUT2D eigenvalue weighted by Crippen LogP contribution is 2.39. The van der Waals surface area contributed by atoms with Crippen LogP contribution in [0.15, 0.2) is 24.3 Å². The second-order valence-electron chi connectivity index (χ2n) is 4.83. The normalized spacial score (nSPS) is 16.4. The molecule has 0 spiro atoms. The molecule has 14 heavy (non-hydrogen) atoms. The molecule has 0 radical (unpaired) electrons. The van der Waals surface area contributed by atoms with Crippen molar-refractivity contribution in [2.75, 3.05) is 0 Å². The number of benzene rings is 1. The van der Waals surface area contributed by atoms with Crippen LogP contribution in [0, 0.1) is 5.41 Å². The average Bonchev–Trinajstić information content (AvgIpc) is 2.02. The van der Waals surface area contributed by atoms with E-state index in [0.717, 1.165) is 5.56 Å². The summed E-state index contributed by atoms with van der Waals surface area (Å²) in [4.78, 5) is 0. The molecular formula is C12H17ClO. The quantitative estimate of drug-likeness (QED) is 0.755. The van der Waals surface area contributed by atoms with Crippen LogP contribution in [-0.2, 0) is 5.60 Å². The van der Waals surface area contributed by atoms with Crippen molar-refractivity contribution in [3.63, 3.8) is 0 Å². The lowest BCUT2D eigenvalue weighted by Gasteiger charge is -2.37. The molecule has 1 atom stereocenters. The van der Waals surface area contributed by atoms with Crippen LogP contribution in [0.1, 0.15) is 33.3 Å². The van der Waals surface area contributed by atoms with Gasteiger partial charge in [0.05, 0.1) is 5.60 Å². The maximum Gasteiger partial charge on any atom is 0.0917 e. The molecule has 1 rings (SSSR count). The minimum Gasteiger partial charge on any atom is -0.385 e. The third kappa shape index (κ3) is 2.10. The fourth-order valence-electron chi connectivity index (χ4n) is 1.22. The van der Waals surface area contributed by atoms with E-state index in [-0.39, 0.29) is 5.41 Å². The highest BCUT2D eigenvalue weighted by molar-refractivity contribution is 6.30. The van der Waals surface area contributed by atoms with Crippen molar-refractivity contribution >= 4 is 11.6 Å². The zero-order chi connectivity index (χ0) is 11.0. The smallest absolute Gasteiger partial charge is 0.0917 e. The minimum absolute atomic E-state index is 0.211. The molecule has 0 amide bonds. The predicted molar refractivity (Wildman–Crippen MR) is 60.5 cm³/mol. The van der Waals surface area contributed by atoms with Gasteiger partial charge in [-0.15, -0.1) is 0 Å². The molecule has 0 aromatic heterocycles. The summed E-state index contributed by atoms with van der Waals surface area (Å²) in [6.45, 7) is 7.84. The van der Waals surface area contributed by atoms with Gasteiger partial charge in [-0.2, -0.15) is 0 Å². The van der Waals surface area contributed by atoms with E-state index in [1.165, 1.54) is 0 Å². The predicted octanol–water partition coefficient (Wildman–Crippen LogP) is 3.59. The van der Waals surface area contributed by atoms with Gasteiger partial charge < -0.3 is 5.11 Å². The molecule has 0 saturated carbocycles. The molecule has 0 bridgehead atoms. The highest BCUT2D eigenvalue weighted by Gasteiger charge is 2.36. The second kappa shape index (κ2) is 3.56. The van der Waals surface area contributed by atoms with Crippen LogP contribution in [0.2, 0.25) is 5.02 Å². The Morgan fingerprint density at radius 3 is 2.14 bits per heavy atom. The van der Waals surface area contributed by atoms with Crippen LogP contribution in [0.3, 0.4) is 0 Å². The molecule has 0 aliphatic heterocycles. The molecule has 0 aliphatic rings. The van der Waals surface area contributed by atoms with Gasteiger partial charge in [-0.25, -0.2) is 0 Å². The number of hydrogen-bond acceptors (Lipinski definition) is 1. The summed E-state index contributed by atoms with van der Waals surface area (Å²) >= 11 is 5.89. The molecule has 0 fully saturated rings. The van der Waals surface area contributed by atoms with Crippen molar-refractivity contribution in [2.24, 2.45) is 5.41 Å². The number of rotatable bonds is 1. The molecular weight excluding hydrogens is 196 g/mol. The van der Waals surface area contributed by atoms with Crippen LogP contribution in [0.4, 0.5) is 0 Å². The molecule has 1 nitrogen and oxygen atoms in total. The van der Waals surface area contributed by atoms with E-state index in [2.05, 4.69) is 0 Å². The van der Waals surface area contributed by atoms with E-state index in [1.54, 1.807) is 0 Å². The van der Waals surface area contributed by atoms with Gasteiger partial charge in [0.2, 0.25) is 0 Å². The van der Waals surface area contributed by atoms with E-state index >= 15 is 0 Å². The van der Waals surface area contributed by atoms with Gasteiger partial charge in [0, 0.05) is 5.02 Å². The Labute approximate surface area is 90.7 Å². The summed E-state index contributed by atoms with van der Waals surface area (Å²) < 4.78 is 0. The first kappa shape index (κ1) is 11.5. The third-order valence-electron chi connectivity index (χ3n) is 2.85. The van der Waals surface area contributed by atoms with Crippen LogP contribution in [0.5, 0.6) is 0 Å². The van der Waals surface area contributed by atoms with Gasteiger partial charge in [-0.05, 0) is 30.0 Å². The topological polar surface area (TPSA) is 20.2 Å². The lowest BCUT2D eigenvalue weighted by Crippen LogP contribution is -2.36. The zero-order valence-corrected chi connectivity index (χ0v) is 9.89. The molecule has 0 aliphatic carbocycles. The fraction of sp³-hybridized carbons (Fsp3) is 0.500. The van der Waals surface area contributed by atoms with Gasteiger partial charge in [0.25, 0.3) is 0 Å². The number of halogens is 1. The first-order valence-corrected chi connectivity index (χ1v) is 5.11. The lowest BCUT2D eigenvalue weighted by molar-refractivity contribution is -0.0470. The summed E-state index contributed by atoms with van der Waals surface area (Å²) in [7, 11) is 0. The summed E-state index contributed by atoms with van der Waals surface area (Å²) in [5.41, 5.74) is -0.215. The lowest BCUT2D eigenvalue weighted by atomic mass is 9.73. The molecule has 0 heterocycles. The summed E-state index contributed by atoms with van der Waals surface area (Å²) in [5.74, 6) is 0. The van der Waals surface area contributed by atoms with Gasteiger partial charge >= 0.3 is 0 Å². The number of hydrogen-bond donors (Lipinski definition) is 1. The maximum atomic E-state index is 10.4. The standard InChI is InChI=1S/C12H17ClO/c1-11(2,3)12(4,14)9-6-5-7-10(13)8-9/h5-8,14H,1-4H3/t12-/m0/s1. The third-order valence-corrected chi connectivity index (χ3v) is 3.08. The van der Waals surface area contributed by atoms with Gasteiger partial charge in [-0.3, -0.25) is 0 Å². The highest BCUT2D eigenvalue weighted by atomic mass is 35.5. The fourth-order valence-corrected chi connectivity index (χ4v) is 1.41. The van der Waals surface area contributed by atoms with Crippen molar-refractivity contribution in [1.82, 2.24) is 0 Å². The maximum absolute atomic E-state index is 10.4. The Morgan fingerprint density at radius 2 is 1.71 bits per heavy atom. The van der Waals surface area contributed by atoms with Crippen LogP contribution in [-0.4, -0.2) is 5.11 Å². The Kier molecular flexibility index (Phi) is 2.93. The van der Waals surface area contributed by atoms with Gasteiger partial charge in [0.1, 0.15) is 0 Å². The first-order valence-electron chi connectivity index (χ1n) is 4.73. The Balaban J connectivity index is 3.16. The molecule has 0 unspecified atom stereocenters. The first-order chi connectivity index (χ1) is 6.25. The molecule has 0 saturated heterocycles. The Bertz CT molecular complexity index is 323. The summed E-state index contributed by atoms with van der Waals surface area (Å²) in [5, 5.41) is 11.0. The zero-order valence-electron chi connectivity index (χ0n) is 9.13. The van der Waals surface area contributed by atoms with Crippen LogP contribution >= 0.6 is 11.6 Å². The Morgan fingerprint density at radius 1 is 1.14 bits per heavy atom. The number of aliphatic hydroxyl groups is 1. The van der Waals surface area contributed by atoms with E-state index in [0.29, 0.717) is 5.02 Å². The Hall–Kier alpha value is -0.530. The summed E-state index contributed by atoms with van der Waals surface area (Å²) in [6.07, 6.45) is 0. The van der Waals surface area contributed by atoms with Crippen molar-refractivity contribution in [3.05, 3.63) is 34.9 Å². The molecule has 1 aromatic carbocycles. The largest absolute Gasteiger partial charge is 0.385 e. The van der Waals surface area contributed by atoms with Crippen LogP contribution < -0.4 is 0 Å². The van der Waals surface area contributed by atoms with Crippen molar-refractivity contribution < 1.29 is 5.11 Å². The molecule has 2 heteroatoms. The van der Waals surface area contributed by atoms with Crippen molar-refractivity contribution in [3.8, 4) is 0 Å². The average molecular weight is 213 g/mol. The van der Waals surface area contributed by atoms with Crippen molar-refractivity contribution in [1.29, 1.82) is 0 Å². The SMILES string of the molecule is CC(C)(C)[C@@](C)(O)c1cccc(Cl)c1. The van der Waals surface area contributed by atoms with E-state index in [9.17, 15) is 5.11 Å².